The molecular formula is C23H37NO5Si. The number of rotatable bonds is 13. The first-order chi connectivity index (χ1) is 14.2. The minimum Gasteiger partial charge on any atom is -0.464 e. The first-order valence-electron chi connectivity index (χ1n) is 10.9. The molecule has 0 saturated carbocycles. The second-order valence-electron chi connectivity index (χ2n) is 8.19. The summed E-state index contributed by atoms with van der Waals surface area (Å²) >= 11 is 0. The van der Waals surface area contributed by atoms with Crippen LogP contribution in [-0.4, -0.2) is 44.7 Å². The monoisotopic (exact) mass is 435 g/mol. The van der Waals surface area contributed by atoms with Crippen LogP contribution in [0.3, 0.4) is 0 Å². The van der Waals surface area contributed by atoms with E-state index in [0.29, 0.717) is 6.42 Å². The van der Waals surface area contributed by atoms with Crippen LogP contribution in [-0.2, 0) is 23.9 Å². The van der Waals surface area contributed by atoms with Gasteiger partial charge in [0.1, 0.15) is 0 Å². The summed E-state index contributed by atoms with van der Waals surface area (Å²) in [6.45, 7) is 9.62. The van der Waals surface area contributed by atoms with Gasteiger partial charge in [0.15, 0.2) is 0 Å². The van der Waals surface area contributed by atoms with Gasteiger partial charge in [-0.1, -0.05) is 73.9 Å². The van der Waals surface area contributed by atoms with Crippen LogP contribution < -0.4 is 10.5 Å². The number of nitrogens with one attached hydrogen (secondary N) is 1. The van der Waals surface area contributed by atoms with Crippen LogP contribution in [0.4, 0.5) is 0 Å². The molecule has 0 aliphatic carbocycles. The number of carbonyl (C=O) groups excluding carboxylic acids is 3. The van der Waals surface area contributed by atoms with E-state index in [9.17, 15) is 14.4 Å². The van der Waals surface area contributed by atoms with Crippen molar-refractivity contribution in [3.8, 4) is 0 Å². The summed E-state index contributed by atoms with van der Waals surface area (Å²) in [5, 5.41) is 3.98. The molecule has 0 spiro atoms. The maximum atomic E-state index is 12.6. The quantitative estimate of drug-likeness (QED) is 0.222. The lowest BCUT2D eigenvalue weighted by atomic mass is 9.91. The molecule has 1 amide bonds. The lowest BCUT2D eigenvalue weighted by Gasteiger charge is -2.29. The average Bonchev–Trinajstić information content (AvgIpc) is 2.70. The van der Waals surface area contributed by atoms with E-state index in [-0.39, 0.29) is 19.6 Å². The third-order valence-corrected chi connectivity index (χ3v) is 8.80. The Hall–Kier alpha value is -2.15. The Bertz CT molecular complexity index is 672. The van der Waals surface area contributed by atoms with Gasteiger partial charge in [0.2, 0.25) is 11.4 Å². The summed E-state index contributed by atoms with van der Waals surface area (Å²) in [7, 11) is -1.46. The molecule has 0 bridgehead atoms. The Labute approximate surface area is 181 Å². The number of hydrogen-bond acceptors (Lipinski definition) is 5. The van der Waals surface area contributed by atoms with Crippen molar-refractivity contribution >= 4 is 31.1 Å². The first-order valence-corrected chi connectivity index (χ1v) is 14.1. The third kappa shape index (κ3) is 7.59. The fourth-order valence-corrected chi connectivity index (χ4v) is 6.12. The number of ether oxygens (including phenoxy) is 2. The van der Waals surface area contributed by atoms with Crippen LogP contribution >= 0.6 is 0 Å². The van der Waals surface area contributed by atoms with Crippen molar-refractivity contribution in [3.63, 3.8) is 0 Å². The predicted molar refractivity (Wildman–Crippen MR) is 121 cm³/mol. The van der Waals surface area contributed by atoms with Gasteiger partial charge in [-0.05, 0) is 26.7 Å². The minimum atomic E-state index is -1.77. The predicted octanol–water partition coefficient (Wildman–Crippen LogP) is 3.55. The van der Waals surface area contributed by atoms with Gasteiger partial charge in [-0.3, -0.25) is 4.79 Å². The second kappa shape index (κ2) is 12.5. The van der Waals surface area contributed by atoms with Crippen LogP contribution in [0.1, 0.15) is 52.9 Å². The van der Waals surface area contributed by atoms with Gasteiger partial charge < -0.3 is 14.8 Å². The van der Waals surface area contributed by atoms with Crippen LogP contribution in [0.2, 0.25) is 19.1 Å². The van der Waals surface area contributed by atoms with E-state index in [2.05, 4.69) is 42.7 Å². The zero-order valence-corrected chi connectivity index (χ0v) is 20.1. The maximum Gasteiger partial charge on any atom is 0.343 e. The van der Waals surface area contributed by atoms with Crippen LogP contribution in [0, 0.1) is 0 Å². The lowest BCUT2D eigenvalue weighted by molar-refractivity contribution is -0.168. The Balaban J connectivity index is 2.67. The Morgan fingerprint density at radius 3 is 1.93 bits per heavy atom. The highest BCUT2D eigenvalue weighted by atomic mass is 28.3. The smallest absolute Gasteiger partial charge is 0.343 e. The molecule has 6 nitrogen and oxygen atoms in total. The van der Waals surface area contributed by atoms with E-state index in [1.165, 1.54) is 18.2 Å². The number of unbranched alkanes of at least 4 members (excludes halogenated alkanes) is 3. The van der Waals surface area contributed by atoms with Gasteiger partial charge in [0, 0.05) is 6.92 Å². The molecule has 1 rings (SSSR count). The van der Waals surface area contributed by atoms with Crippen molar-refractivity contribution in [3.05, 3.63) is 30.3 Å². The molecule has 0 aromatic heterocycles. The summed E-state index contributed by atoms with van der Waals surface area (Å²) in [4.78, 5) is 36.9. The van der Waals surface area contributed by atoms with Crippen molar-refractivity contribution < 1.29 is 23.9 Å². The molecule has 168 valence electrons. The number of esters is 2. The van der Waals surface area contributed by atoms with Gasteiger partial charge in [-0.25, -0.2) is 9.59 Å². The van der Waals surface area contributed by atoms with E-state index in [1.807, 2.05) is 6.07 Å². The minimum absolute atomic E-state index is 0.124. The fraction of sp³-hybridized carbons (Fsp3) is 0.609. The molecule has 1 aromatic carbocycles. The van der Waals surface area contributed by atoms with Crippen molar-refractivity contribution in [1.29, 1.82) is 0 Å². The van der Waals surface area contributed by atoms with Gasteiger partial charge in [0.05, 0.1) is 21.3 Å². The Morgan fingerprint density at radius 1 is 0.900 bits per heavy atom. The molecule has 0 fully saturated rings. The van der Waals surface area contributed by atoms with Gasteiger partial charge >= 0.3 is 11.9 Å². The molecule has 0 atom stereocenters. The van der Waals surface area contributed by atoms with Gasteiger partial charge in [-0.15, -0.1) is 0 Å². The first kappa shape index (κ1) is 25.9. The molecule has 7 heteroatoms. The SMILES string of the molecule is CCOC(=O)C(CCCCCC[Si](C)(C)c1ccccc1)(NC(C)=O)C(=O)OCC. The molecule has 0 unspecified atom stereocenters. The maximum absolute atomic E-state index is 12.6. The van der Waals surface area contributed by atoms with E-state index in [1.54, 1.807) is 13.8 Å². The highest BCUT2D eigenvalue weighted by Gasteiger charge is 2.49. The molecule has 0 aliphatic rings. The molecule has 30 heavy (non-hydrogen) atoms. The average molecular weight is 436 g/mol. The van der Waals surface area contributed by atoms with Crippen LogP contribution in [0.5, 0.6) is 0 Å². The zero-order chi connectivity index (χ0) is 22.6. The molecule has 0 heterocycles. The van der Waals surface area contributed by atoms with E-state index >= 15 is 0 Å². The van der Waals surface area contributed by atoms with E-state index in [4.69, 9.17) is 9.47 Å². The normalized spacial score (nSPS) is 11.6. The molecule has 0 radical (unpaired) electrons. The summed E-state index contributed by atoms with van der Waals surface area (Å²) in [6.07, 6.45) is 3.75. The van der Waals surface area contributed by atoms with Crippen molar-refractivity contribution in [2.24, 2.45) is 0 Å². The van der Waals surface area contributed by atoms with Crippen molar-refractivity contribution in [1.82, 2.24) is 5.32 Å². The van der Waals surface area contributed by atoms with Crippen LogP contribution in [0.15, 0.2) is 30.3 Å². The highest BCUT2D eigenvalue weighted by Crippen LogP contribution is 2.22. The summed E-state index contributed by atoms with van der Waals surface area (Å²) in [6, 6.07) is 11.8. The molecular weight excluding hydrogens is 398 g/mol. The second-order valence-corrected chi connectivity index (χ2v) is 13.0. The third-order valence-electron chi connectivity index (χ3n) is 5.30. The lowest BCUT2D eigenvalue weighted by Crippen LogP contribution is -2.61. The standard InChI is InChI=1S/C23H37NO5Si/c1-6-28-21(26)23(24-19(3)25,22(27)29-7-2)17-13-8-9-14-18-30(4,5)20-15-11-10-12-16-20/h10-12,15-16H,6-9,13-14,17-18H2,1-5H3,(H,24,25). The largest absolute Gasteiger partial charge is 0.464 e. The molecule has 1 N–H and O–H groups in total. The van der Waals surface area contributed by atoms with Crippen molar-refractivity contribution in [2.75, 3.05) is 13.2 Å². The van der Waals surface area contributed by atoms with Crippen LogP contribution in [0.25, 0.3) is 0 Å². The Morgan fingerprint density at radius 2 is 1.43 bits per heavy atom. The summed E-state index contributed by atoms with van der Waals surface area (Å²) < 4.78 is 10.2. The Kier molecular flexibility index (Phi) is 10.8. The summed E-state index contributed by atoms with van der Waals surface area (Å²) in [5.41, 5.74) is -1.77. The number of amides is 1. The van der Waals surface area contributed by atoms with Gasteiger partial charge in [0.25, 0.3) is 0 Å². The number of hydrogen-bond donors (Lipinski definition) is 1. The van der Waals surface area contributed by atoms with Gasteiger partial charge in [-0.2, -0.15) is 0 Å². The molecule has 1 aromatic rings. The number of benzene rings is 1. The zero-order valence-electron chi connectivity index (χ0n) is 19.1. The summed E-state index contributed by atoms with van der Waals surface area (Å²) in [5.74, 6) is -1.97. The molecule has 0 saturated heterocycles. The number of carbonyl (C=O) groups is 3. The van der Waals surface area contributed by atoms with E-state index in [0.717, 1.165) is 19.3 Å². The van der Waals surface area contributed by atoms with E-state index < -0.39 is 31.5 Å². The topological polar surface area (TPSA) is 81.7 Å². The highest BCUT2D eigenvalue weighted by molar-refractivity contribution is 6.89. The van der Waals surface area contributed by atoms with Crippen molar-refractivity contribution in [2.45, 2.75) is 77.6 Å². The molecule has 0 aliphatic heterocycles. The fourth-order valence-electron chi connectivity index (χ4n) is 3.61.